The van der Waals surface area contributed by atoms with Crippen LogP contribution in [0.15, 0.2) is 42.7 Å². The minimum absolute atomic E-state index is 0.404. The van der Waals surface area contributed by atoms with Gasteiger partial charge in [-0.3, -0.25) is 4.98 Å². The third-order valence-corrected chi connectivity index (χ3v) is 2.70. The summed E-state index contributed by atoms with van der Waals surface area (Å²) in [6.07, 6.45) is 3.45. The van der Waals surface area contributed by atoms with E-state index in [4.69, 9.17) is 10.5 Å². The summed E-state index contributed by atoms with van der Waals surface area (Å²) in [5, 5.41) is 0. The molecule has 0 unspecified atom stereocenters. The van der Waals surface area contributed by atoms with Crippen molar-refractivity contribution in [2.45, 2.75) is 26.0 Å². The monoisotopic (exact) mass is 243 g/mol. The molecule has 2 aromatic heterocycles. The van der Waals surface area contributed by atoms with E-state index in [0.29, 0.717) is 12.4 Å². The molecule has 2 heterocycles. The third kappa shape index (κ3) is 2.65. The summed E-state index contributed by atoms with van der Waals surface area (Å²) < 4.78 is 5.96. The van der Waals surface area contributed by atoms with Crippen LogP contribution in [0, 0.1) is 0 Å². The topological polar surface area (TPSA) is 61.0 Å². The molecule has 0 aliphatic heterocycles. The summed E-state index contributed by atoms with van der Waals surface area (Å²) >= 11 is 0. The number of nitrogens with zero attached hydrogens (tertiary/aromatic N) is 2. The van der Waals surface area contributed by atoms with Crippen LogP contribution in [-0.4, -0.2) is 9.97 Å². The maximum absolute atomic E-state index is 5.96. The fourth-order valence-electron chi connectivity index (χ4n) is 1.68. The second-order valence-corrected chi connectivity index (χ2v) is 4.50. The van der Waals surface area contributed by atoms with Gasteiger partial charge in [0.2, 0.25) is 5.88 Å². The van der Waals surface area contributed by atoms with Gasteiger partial charge >= 0.3 is 0 Å². The predicted octanol–water partition coefficient (Wildman–Crippen LogP) is 2.25. The van der Waals surface area contributed by atoms with E-state index >= 15 is 0 Å². The van der Waals surface area contributed by atoms with Crippen molar-refractivity contribution in [3.63, 3.8) is 0 Å². The fourth-order valence-corrected chi connectivity index (χ4v) is 1.68. The number of rotatable bonds is 4. The molecular formula is C14H17N3O. The fraction of sp³-hybridized carbons (Fsp3) is 0.286. The molecule has 4 nitrogen and oxygen atoms in total. The molecule has 0 saturated carbocycles. The van der Waals surface area contributed by atoms with Crippen LogP contribution in [0.5, 0.6) is 5.88 Å². The van der Waals surface area contributed by atoms with Gasteiger partial charge in [0.25, 0.3) is 0 Å². The molecule has 0 aromatic carbocycles. The Morgan fingerprint density at radius 2 is 1.89 bits per heavy atom. The van der Waals surface area contributed by atoms with Crippen LogP contribution in [0.2, 0.25) is 0 Å². The molecule has 18 heavy (non-hydrogen) atoms. The zero-order valence-corrected chi connectivity index (χ0v) is 10.6. The van der Waals surface area contributed by atoms with Crippen molar-refractivity contribution in [2.24, 2.45) is 5.73 Å². The van der Waals surface area contributed by atoms with Crippen molar-refractivity contribution in [1.29, 1.82) is 0 Å². The highest BCUT2D eigenvalue weighted by Crippen LogP contribution is 2.26. The van der Waals surface area contributed by atoms with E-state index in [1.807, 2.05) is 44.2 Å². The van der Waals surface area contributed by atoms with Gasteiger partial charge in [-0.25, -0.2) is 4.98 Å². The molecule has 0 atom stereocenters. The second-order valence-electron chi connectivity index (χ2n) is 4.50. The number of nitrogens with two attached hydrogens (primary N) is 1. The molecule has 0 amide bonds. The molecule has 0 bridgehead atoms. The first-order valence-electron chi connectivity index (χ1n) is 5.88. The molecule has 0 saturated heterocycles. The second kappa shape index (κ2) is 5.14. The molecule has 4 heteroatoms. The van der Waals surface area contributed by atoms with E-state index in [9.17, 15) is 0 Å². The minimum atomic E-state index is -0.542. The Kier molecular flexibility index (Phi) is 3.58. The molecule has 0 radical (unpaired) electrons. The van der Waals surface area contributed by atoms with Gasteiger partial charge in [0.15, 0.2) is 0 Å². The maximum Gasteiger partial charge on any atom is 0.218 e. The zero-order valence-electron chi connectivity index (χ0n) is 10.6. The van der Waals surface area contributed by atoms with Crippen LogP contribution in [0.1, 0.15) is 25.1 Å². The van der Waals surface area contributed by atoms with Gasteiger partial charge in [-0.15, -0.1) is 0 Å². The summed E-state index contributed by atoms with van der Waals surface area (Å²) in [4.78, 5) is 8.55. The van der Waals surface area contributed by atoms with E-state index < -0.39 is 5.60 Å². The van der Waals surface area contributed by atoms with Crippen molar-refractivity contribution in [3.05, 3.63) is 54.0 Å². The Morgan fingerprint density at radius 3 is 2.56 bits per heavy atom. The van der Waals surface area contributed by atoms with Gasteiger partial charge in [0, 0.05) is 24.5 Å². The van der Waals surface area contributed by atoms with Crippen molar-refractivity contribution in [2.75, 3.05) is 0 Å². The summed E-state index contributed by atoms with van der Waals surface area (Å²) in [5.41, 5.74) is 6.88. The minimum Gasteiger partial charge on any atom is -0.465 e. The summed E-state index contributed by atoms with van der Waals surface area (Å²) in [7, 11) is 0. The SMILES string of the molecule is CC(C)(Oc1ncccc1CN)c1ccccn1. The Bertz CT molecular complexity index is 511. The van der Waals surface area contributed by atoms with Crippen LogP contribution in [0.4, 0.5) is 0 Å². The molecule has 0 spiro atoms. The van der Waals surface area contributed by atoms with Crippen molar-refractivity contribution in [1.82, 2.24) is 9.97 Å². The lowest BCUT2D eigenvalue weighted by Gasteiger charge is -2.26. The normalized spacial score (nSPS) is 11.3. The molecule has 0 aliphatic rings. The van der Waals surface area contributed by atoms with Gasteiger partial charge in [0.1, 0.15) is 5.60 Å². The highest BCUT2D eigenvalue weighted by atomic mass is 16.5. The molecule has 2 aromatic rings. The van der Waals surface area contributed by atoms with Gasteiger partial charge in [0.05, 0.1) is 5.69 Å². The molecule has 2 N–H and O–H groups in total. The summed E-state index contributed by atoms with van der Waals surface area (Å²) in [6, 6.07) is 9.52. The van der Waals surface area contributed by atoms with E-state index in [-0.39, 0.29) is 0 Å². The zero-order chi connectivity index (χ0) is 13.0. The average Bonchev–Trinajstić information content (AvgIpc) is 2.40. The Balaban J connectivity index is 2.28. The van der Waals surface area contributed by atoms with Crippen LogP contribution in [0.3, 0.4) is 0 Å². The summed E-state index contributed by atoms with van der Waals surface area (Å²) in [6.45, 7) is 4.33. The van der Waals surface area contributed by atoms with Gasteiger partial charge < -0.3 is 10.5 Å². The quantitative estimate of drug-likeness (QED) is 0.894. The van der Waals surface area contributed by atoms with E-state index in [0.717, 1.165) is 11.3 Å². The lowest BCUT2D eigenvalue weighted by molar-refractivity contribution is 0.0959. The summed E-state index contributed by atoms with van der Waals surface area (Å²) in [5.74, 6) is 0.565. The van der Waals surface area contributed by atoms with Crippen LogP contribution in [0.25, 0.3) is 0 Å². The Labute approximate surface area is 107 Å². The number of pyridine rings is 2. The van der Waals surface area contributed by atoms with Crippen LogP contribution in [-0.2, 0) is 12.1 Å². The van der Waals surface area contributed by atoms with Crippen molar-refractivity contribution >= 4 is 0 Å². The number of aromatic nitrogens is 2. The number of ether oxygens (including phenoxy) is 1. The first-order chi connectivity index (χ1) is 8.63. The average molecular weight is 243 g/mol. The van der Waals surface area contributed by atoms with E-state index in [2.05, 4.69) is 9.97 Å². The van der Waals surface area contributed by atoms with Gasteiger partial charge in [-0.1, -0.05) is 12.1 Å². The Hall–Kier alpha value is -1.94. The van der Waals surface area contributed by atoms with Crippen molar-refractivity contribution < 1.29 is 4.74 Å². The molecule has 2 rings (SSSR count). The third-order valence-electron chi connectivity index (χ3n) is 2.70. The number of hydrogen-bond donors (Lipinski definition) is 1. The Morgan fingerprint density at radius 1 is 1.11 bits per heavy atom. The highest BCUT2D eigenvalue weighted by molar-refractivity contribution is 5.26. The first-order valence-corrected chi connectivity index (χ1v) is 5.88. The lowest BCUT2D eigenvalue weighted by atomic mass is 10.0. The van der Waals surface area contributed by atoms with Gasteiger partial charge in [-0.05, 0) is 32.0 Å². The highest BCUT2D eigenvalue weighted by Gasteiger charge is 2.25. The smallest absolute Gasteiger partial charge is 0.218 e. The predicted molar refractivity (Wildman–Crippen MR) is 70.0 cm³/mol. The van der Waals surface area contributed by atoms with E-state index in [1.165, 1.54) is 0 Å². The van der Waals surface area contributed by atoms with Gasteiger partial charge in [-0.2, -0.15) is 0 Å². The van der Waals surface area contributed by atoms with E-state index in [1.54, 1.807) is 12.4 Å². The first kappa shape index (κ1) is 12.5. The number of hydrogen-bond acceptors (Lipinski definition) is 4. The lowest BCUT2D eigenvalue weighted by Crippen LogP contribution is -2.27. The maximum atomic E-state index is 5.96. The largest absolute Gasteiger partial charge is 0.465 e. The standard InChI is InChI=1S/C14H17N3O/c1-14(2,12-7-3-4-8-16-12)18-13-11(10-15)6-5-9-17-13/h3-9H,10,15H2,1-2H3. The van der Waals surface area contributed by atoms with Crippen molar-refractivity contribution in [3.8, 4) is 5.88 Å². The molecule has 0 aliphatic carbocycles. The molecular weight excluding hydrogens is 226 g/mol. The van der Waals surface area contributed by atoms with Crippen LogP contribution >= 0.6 is 0 Å². The molecule has 0 fully saturated rings. The van der Waals surface area contributed by atoms with Crippen LogP contribution < -0.4 is 10.5 Å². The molecule has 94 valence electrons.